The molecule has 0 aliphatic carbocycles. The van der Waals surface area contributed by atoms with Crippen molar-refractivity contribution in [1.29, 1.82) is 0 Å². The van der Waals surface area contributed by atoms with Gasteiger partial charge >= 0.3 is 0 Å². The summed E-state index contributed by atoms with van der Waals surface area (Å²) in [5.74, 6) is 1.03. The van der Waals surface area contributed by atoms with Gasteiger partial charge in [0.2, 0.25) is 5.96 Å². The number of methoxy groups -OCH3 is 1. The molecule has 0 saturated carbocycles. The maximum atomic E-state index is 6.00. The lowest BCUT2D eigenvalue weighted by molar-refractivity contribution is 0.284. The van der Waals surface area contributed by atoms with E-state index in [1.165, 1.54) is 6.21 Å². The molecule has 126 valence electrons. The lowest BCUT2D eigenvalue weighted by Gasteiger charge is -2.11. The Labute approximate surface area is 149 Å². The van der Waals surface area contributed by atoms with Gasteiger partial charge < -0.3 is 20.9 Å². The average Bonchev–Trinajstić information content (AvgIpc) is 2.56. The van der Waals surface area contributed by atoms with Crippen molar-refractivity contribution in [3.05, 3.63) is 57.6 Å². The van der Waals surface area contributed by atoms with Crippen LogP contribution in [-0.2, 0) is 6.61 Å². The minimum absolute atomic E-state index is 0.115. The predicted molar refractivity (Wildman–Crippen MR) is 97.2 cm³/mol. The lowest BCUT2D eigenvalue weighted by atomic mass is 10.2. The standard InChI is InChI=1S/C16H16Cl2N4O2/c1-23-14-5-3-10(8-21-22-16(19)20)7-15(14)24-9-11-2-4-12(17)13(18)6-11/h2-8H,9H2,1H3,(H4,19,20,22). The highest BCUT2D eigenvalue weighted by Gasteiger charge is 2.07. The molecule has 8 heteroatoms. The third kappa shape index (κ3) is 5.04. The van der Waals surface area contributed by atoms with Crippen LogP contribution >= 0.6 is 23.2 Å². The Morgan fingerprint density at radius 2 is 1.88 bits per heavy atom. The van der Waals surface area contributed by atoms with Gasteiger partial charge in [0, 0.05) is 0 Å². The van der Waals surface area contributed by atoms with E-state index in [0.717, 1.165) is 11.1 Å². The van der Waals surface area contributed by atoms with Crippen LogP contribution in [0.1, 0.15) is 11.1 Å². The summed E-state index contributed by atoms with van der Waals surface area (Å²) in [4.78, 5) is 0. The molecule has 0 amide bonds. The SMILES string of the molecule is COc1ccc(C=NN=C(N)N)cc1OCc1ccc(Cl)c(Cl)c1. The number of nitrogens with two attached hydrogens (primary N) is 2. The minimum Gasteiger partial charge on any atom is -0.493 e. The summed E-state index contributed by atoms with van der Waals surface area (Å²) in [5.41, 5.74) is 12.1. The van der Waals surface area contributed by atoms with Crippen molar-refractivity contribution >= 4 is 35.4 Å². The number of nitrogens with zero attached hydrogens (tertiary/aromatic N) is 2. The van der Waals surface area contributed by atoms with E-state index in [0.29, 0.717) is 28.2 Å². The molecule has 0 aliphatic rings. The average molecular weight is 367 g/mol. The van der Waals surface area contributed by atoms with Crippen LogP contribution in [0.25, 0.3) is 0 Å². The maximum absolute atomic E-state index is 6.00. The van der Waals surface area contributed by atoms with Crippen LogP contribution in [-0.4, -0.2) is 19.3 Å². The molecule has 0 aromatic heterocycles. The molecule has 2 rings (SSSR count). The molecule has 0 radical (unpaired) electrons. The summed E-state index contributed by atoms with van der Waals surface area (Å²) in [7, 11) is 1.56. The van der Waals surface area contributed by atoms with Gasteiger partial charge in [-0.15, -0.1) is 5.10 Å². The van der Waals surface area contributed by atoms with E-state index in [9.17, 15) is 0 Å². The zero-order valence-electron chi connectivity index (χ0n) is 12.9. The van der Waals surface area contributed by atoms with Gasteiger partial charge in [-0.05, 0) is 41.5 Å². The first-order valence-electron chi connectivity index (χ1n) is 6.86. The second kappa shape index (κ2) is 8.42. The van der Waals surface area contributed by atoms with Crippen molar-refractivity contribution < 1.29 is 9.47 Å². The van der Waals surface area contributed by atoms with Crippen LogP contribution in [0.4, 0.5) is 0 Å². The minimum atomic E-state index is -0.115. The molecule has 2 aromatic carbocycles. The Balaban J connectivity index is 2.16. The molecule has 0 atom stereocenters. The summed E-state index contributed by atoms with van der Waals surface area (Å²) in [6.45, 7) is 0.307. The van der Waals surface area contributed by atoms with Gasteiger partial charge in [-0.3, -0.25) is 0 Å². The normalized spacial score (nSPS) is 10.6. The molecule has 0 saturated heterocycles. The van der Waals surface area contributed by atoms with E-state index in [1.54, 1.807) is 37.4 Å². The molecule has 24 heavy (non-hydrogen) atoms. The zero-order chi connectivity index (χ0) is 17.5. The fourth-order valence-electron chi connectivity index (χ4n) is 1.84. The van der Waals surface area contributed by atoms with Crippen LogP contribution < -0.4 is 20.9 Å². The van der Waals surface area contributed by atoms with Gasteiger partial charge in [-0.2, -0.15) is 5.10 Å². The maximum Gasteiger partial charge on any atom is 0.211 e. The number of guanidine groups is 1. The number of hydrogen-bond acceptors (Lipinski definition) is 4. The van der Waals surface area contributed by atoms with E-state index >= 15 is 0 Å². The summed E-state index contributed by atoms with van der Waals surface area (Å²) in [6, 6.07) is 10.6. The van der Waals surface area contributed by atoms with Gasteiger partial charge in [-0.1, -0.05) is 29.3 Å². The molecule has 6 nitrogen and oxygen atoms in total. The molecule has 0 aliphatic heterocycles. The largest absolute Gasteiger partial charge is 0.493 e. The molecule has 0 bridgehead atoms. The molecule has 4 N–H and O–H groups in total. The van der Waals surface area contributed by atoms with Gasteiger partial charge in [0.25, 0.3) is 0 Å². The summed E-state index contributed by atoms with van der Waals surface area (Å²) < 4.78 is 11.1. The first-order valence-corrected chi connectivity index (χ1v) is 7.62. The lowest BCUT2D eigenvalue weighted by Crippen LogP contribution is -2.21. The third-order valence-electron chi connectivity index (χ3n) is 2.95. The highest BCUT2D eigenvalue weighted by molar-refractivity contribution is 6.42. The predicted octanol–water partition coefficient (Wildman–Crippen LogP) is 3.19. The quantitative estimate of drug-likeness (QED) is 0.466. The van der Waals surface area contributed by atoms with Crippen molar-refractivity contribution in [2.24, 2.45) is 21.7 Å². The van der Waals surface area contributed by atoms with E-state index in [4.69, 9.17) is 44.1 Å². The highest BCUT2D eigenvalue weighted by Crippen LogP contribution is 2.29. The highest BCUT2D eigenvalue weighted by atomic mass is 35.5. The number of ether oxygens (including phenoxy) is 2. The molecule has 0 heterocycles. The van der Waals surface area contributed by atoms with E-state index in [1.807, 2.05) is 6.07 Å². The Bertz CT molecular complexity index is 775. The van der Waals surface area contributed by atoms with Crippen LogP contribution in [0, 0.1) is 0 Å². The topological polar surface area (TPSA) is 95.2 Å². The number of halogens is 2. The van der Waals surface area contributed by atoms with Gasteiger partial charge in [0.1, 0.15) is 6.61 Å². The summed E-state index contributed by atoms with van der Waals surface area (Å²) in [6.07, 6.45) is 1.51. The summed E-state index contributed by atoms with van der Waals surface area (Å²) in [5, 5.41) is 8.28. The fourth-order valence-corrected chi connectivity index (χ4v) is 2.16. The Kier molecular flexibility index (Phi) is 6.28. The van der Waals surface area contributed by atoms with Crippen LogP contribution in [0.2, 0.25) is 10.0 Å². The second-order valence-electron chi connectivity index (χ2n) is 4.72. The van der Waals surface area contributed by atoms with E-state index < -0.39 is 0 Å². The number of hydrogen-bond donors (Lipinski definition) is 2. The summed E-state index contributed by atoms with van der Waals surface area (Å²) >= 11 is 11.9. The first-order chi connectivity index (χ1) is 11.5. The molecular formula is C16H16Cl2N4O2. The van der Waals surface area contributed by atoms with Gasteiger partial charge in [0.15, 0.2) is 11.5 Å². The number of rotatable bonds is 6. The second-order valence-corrected chi connectivity index (χ2v) is 5.53. The fraction of sp³-hybridized carbons (Fsp3) is 0.125. The first kappa shape index (κ1) is 17.9. The van der Waals surface area contributed by atoms with Crippen LogP contribution in [0.5, 0.6) is 11.5 Å². The monoisotopic (exact) mass is 366 g/mol. The van der Waals surface area contributed by atoms with Crippen molar-refractivity contribution in [2.45, 2.75) is 6.61 Å². The Morgan fingerprint density at radius 3 is 2.54 bits per heavy atom. The van der Waals surface area contributed by atoms with Crippen LogP contribution in [0.15, 0.2) is 46.6 Å². The van der Waals surface area contributed by atoms with Crippen molar-refractivity contribution in [3.8, 4) is 11.5 Å². The van der Waals surface area contributed by atoms with E-state index in [-0.39, 0.29) is 5.96 Å². The van der Waals surface area contributed by atoms with Gasteiger partial charge in [-0.25, -0.2) is 0 Å². The van der Waals surface area contributed by atoms with E-state index in [2.05, 4.69) is 10.2 Å². The zero-order valence-corrected chi connectivity index (χ0v) is 14.4. The van der Waals surface area contributed by atoms with Crippen molar-refractivity contribution in [3.63, 3.8) is 0 Å². The third-order valence-corrected chi connectivity index (χ3v) is 3.69. The Hall–Kier alpha value is -2.44. The smallest absolute Gasteiger partial charge is 0.211 e. The Morgan fingerprint density at radius 1 is 1.08 bits per heavy atom. The molecule has 2 aromatic rings. The molecule has 0 fully saturated rings. The molecule has 0 unspecified atom stereocenters. The number of benzene rings is 2. The van der Waals surface area contributed by atoms with Gasteiger partial charge in [0.05, 0.1) is 23.4 Å². The molecule has 0 spiro atoms. The van der Waals surface area contributed by atoms with Crippen molar-refractivity contribution in [1.82, 2.24) is 0 Å². The van der Waals surface area contributed by atoms with Crippen molar-refractivity contribution in [2.75, 3.05) is 7.11 Å². The van der Waals surface area contributed by atoms with Crippen LogP contribution in [0.3, 0.4) is 0 Å². The molecular weight excluding hydrogens is 351 g/mol.